The molecule has 2 N–H and O–H groups in total. The molecular weight excluding hydrogens is 380 g/mol. The highest BCUT2D eigenvalue weighted by Crippen LogP contribution is 2.20. The Morgan fingerprint density at radius 2 is 2.04 bits per heavy atom. The van der Waals surface area contributed by atoms with Gasteiger partial charge in [0.2, 0.25) is 5.91 Å². The summed E-state index contributed by atoms with van der Waals surface area (Å²) in [5, 5.41) is 4.16. The second-order valence-electron chi connectivity index (χ2n) is 6.29. The highest BCUT2D eigenvalue weighted by molar-refractivity contribution is 7.80. The molecule has 3 amide bonds. The molecule has 1 unspecified atom stereocenters. The van der Waals surface area contributed by atoms with Crippen molar-refractivity contribution in [3.8, 4) is 0 Å². The maximum Gasteiger partial charge on any atom is 0.305 e. The lowest BCUT2D eigenvalue weighted by atomic mass is 10.1. The molecule has 8 nitrogen and oxygen atoms in total. The Bertz CT molecular complexity index is 912. The number of aryl methyl sites for hydroxylation is 1. The number of rotatable bonds is 6. The van der Waals surface area contributed by atoms with E-state index in [-0.39, 0.29) is 29.1 Å². The van der Waals surface area contributed by atoms with Gasteiger partial charge < -0.3 is 9.73 Å². The number of hydrogen-bond donors (Lipinski definition) is 2. The molecule has 2 aromatic rings. The van der Waals surface area contributed by atoms with Gasteiger partial charge in [0.05, 0.1) is 12.7 Å². The second-order valence-corrected chi connectivity index (χ2v) is 6.66. The third-order valence-corrected chi connectivity index (χ3v) is 4.68. The molecule has 146 valence electrons. The van der Waals surface area contributed by atoms with Crippen LogP contribution in [-0.2, 0) is 9.59 Å². The molecule has 1 fully saturated rings. The first-order valence-electron chi connectivity index (χ1n) is 8.76. The van der Waals surface area contributed by atoms with E-state index >= 15 is 0 Å². The monoisotopic (exact) mass is 400 g/mol. The molecule has 3 rings (SSSR count). The van der Waals surface area contributed by atoms with Crippen LogP contribution in [0.1, 0.15) is 29.5 Å². The van der Waals surface area contributed by atoms with Crippen LogP contribution >= 0.6 is 12.2 Å². The van der Waals surface area contributed by atoms with Crippen LogP contribution in [0.3, 0.4) is 0 Å². The Kier molecular flexibility index (Phi) is 5.74. The van der Waals surface area contributed by atoms with Crippen molar-refractivity contribution in [1.82, 2.24) is 15.3 Å². The van der Waals surface area contributed by atoms with Crippen molar-refractivity contribution in [3.05, 3.63) is 54.0 Å². The zero-order valence-corrected chi connectivity index (χ0v) is 16.3. The Balaban J connectivity index is 1.75. The van der Waals surface area contributed by atoms with E-state index in [2.05, 4.69) is 10.7 Å². The van der Waals surface area contributed by atoms with Gasteiger partial charge >= 0.3 is 5.91 Å². The number of hydrazine groups is 1. The van der Waals surface area contributed by atoms with Crippen LogP contribution in [-0.4, -0.2) is 45.3 Å². The maximum absolute atomic E-state index is 12.7. The number of likely N-dealkylation sites (N-methyl/N-ethyl adjacent to an activating group) is 1. The number of nitrogens with one attached hydrogen (secondary N) is 2. The molecule has 1 aromatic heterocycles. The molecule has 0 spiro atoms. The summed E-state index contributed by atoms with van der Waals surface area (Å²) in [4.78, 5) is 38.9. The minimum absolute atomic E-state index is 0.0770. The fraction of sp³-hybridized carbons (Fsp3) is 0.263. The Morgan fingerprint density at radius 1 is 1.25 bits per heavy atom. The van der Waals surface area contributed by atoms with E-state index in [9.17, 15) is 14.4 Å². The lowest BCUT2D eigenvalue weighted by Gasteiger charge is -2.23. The van der Waals surface area contributed by atoms with Crippen LogP contribution < -0.4 is 10.7 Å². The van der Waals surface area contributed by atoms with E-state index in [0.29, 0.717) is 12.2 Å². The van der Waals surface area contributed by atoms with E-state index < -0.39 is 11.9 Å². The summed E-state index contributed by atoms with van der Waals surface area (Å²) < 4.78 is 5.07. The lowest BCUT2D eigenvalue weighted by Crippen LogP contribution is -2.49. The number of anilines is 1. The highest BCUT2D eigenvalue weighted by atomic mass is 32.1. The molecule has 1 atom stereocenters. The first-order chi connectivity index (χ1) is 13.4. The van der Waals surface area contributed by atoms with Crippen LogP contribution in [0.5, 0.6) is 0 Å². The molecule has 0 saturated carbocycles. The van der Waals surface area contributed by atoms with Gasteiger partial charge in [-0.25, -0.2) is 5.01 Å². The average molecular weight is 400 g/mol. The predicted octanol–water partition coefficient (Wildman–Crippen LogP) is 2.08. The van der Waals surface area contributed by atoms with Crippen molar-refractivity contribution in [2.75, 3.05) is 11.9 Å². The van der Waals surface area contributed by atoms with Crippen molar-refractivity contribution in [2.45, 2.75) is 26.3 Å². The van der Waals surface area contributed by atoms with Gasteiger partial charge in [-0.2, -0.15) is 0 Å². The van der Waals surface area contributed by atoms with Crippen LogP contribution in [0.25, 0.3) is 0 Å². The second kappa shape index (κ2) is 8.22. The minimum Gasteiger partial charge on any atom is -0.459 e. The van der Waals surface area contributed by atoms with Gasteiger partial charge in [-0.05, 0) is 55.9 Å². The number of thiocarbonyl (C=S) groups is 1. The lowest BCUT2D eigenvalue weighted by molar-refractivity contribution is -0.130. The summed E-state index contributed by atoms with van der Waals surface area (Å²) in [6, 6.07) is 9.47. The maximum atomic E-state index is 12.7. The summed E-state index contributed by atoms with van der Waals surface area (Å²) in [6.45, 7) is 4.02. The van der Waals surface area contributed by atoms with Gasteiger partial charge in [0.25, 0.3) is 5.91 Å². The highest BCUT2D eigenvalue weighted by Gasteiger charge is 2.44. The number of furan rings is 1. The number of carbonyl (C=O) groups excluding carboxylic acids is 3. The third-order valence-electron chi connectivity index (χ3n) is 4.26. The van der Waals surface area contributed by atoms with Crippen LogP contribution in [0, 0.1) is 6.92 Å². The first-order valence-corrected chi connectivity index (χ1v) is 9.17. The molecule has 28 heavy (non-hydrogen) atoms. The molecule has 2 heterocycles. The van der Waals surface area contributed by atoms with Crippen molar-refractivity contribution < 1.29 is 18.8 Å². The largest absolute Gasteiger partial charge is 0.459 e. The number of carbonyl (C=O) groups is 3. The standard InChI is InChI=1S/C19H20N4O4S/c1-3-22-18(26)14(11-16(24)20-13-7-4-6-12(2)10-13)23(19(22)28)21-17(25)15-8-5-9-27-15/h4-10,14H,3,11H2,1-2H3,(H,20,24)(H,21,25). The molecule has 0 aliphatic carbocycles. The summed E-state index contributed by atoms with van der Waals surface area (Å²) in [6.07, 6.45) is 1.20. The fourth-order valence-electron chi connectivity index (χ4n) is 2.93. The predicted molar refractivity (Wildman–Crippen MR) is 106 cm³/mol. The number of hydrogen-bond acceptors (Lipinski definition) is 5. The average Bonchev–Trinajstić information content (AvgIpc) is 3.25. The van der Waals surface area contributed by atoms with Gasteiger partial charge in [0.15, 0.2) is 10.9 Å². The van der Waals surface area contributed by atoms with Gasteiger partial charge in [-0.1, -0.05) is 12.1 Å². The quantitative estimate of drug-likeness (QED) is 0.721. The molecule has 1 saturated heterocycles. The number of benzene rings is 1. The van der Waals surface area contributed by atoms with Crippen LogP contribution in [0.2, 0.25) is 0 Å². The molecule has 0 bridgehead atoms. The van der Waals surface area contributed by atoms with E-state index in [1.54, 1.807) is 19.1 Å². The van der Waals surface area contributed by atoms with Crippen molar-refractivity contribution in [2.24, 2.45) is 0 Å². The third kappa shape index (κ3) is 4.04. The number of nitrogens with zero attached hydrogens (tertiary/aromatic N) is 2. The van der Waals surface area contributed by atoms with Crippen molar-refractivity contribution >= 4 is 40.7 Å². The topological polar surface area (TPSA) is 94.9 Å². The Hall–Kier alpha value is -3.20. The van der Waals surface area contributed by atoms with Gasteiger partial charge in [0.1, 0.15) is 6.04 Å². The number of amides is 3. The van der Waals surface area contributed by atoms with E-state index in [4.69, 9.17) is 16.6 Å². The van der Waals surface area contributed by atoms with Gasteiger partial charge in [0, 0.05) is 12.2 Å². The molecular formula is C19H20N4O4S. The van der Waals surface area contributed by atoms with E-state index in [0.717, 1.165) is 5.56 Å². The Morgan fingerprint density at radius 3 is 2.68 bits per heavy atom. The molecule has 1 aromatic carbocycles. The molecule has 0 radical (unpaired) electrons. The van der Waals surface area contributed by atoms with Crippen molar-refractivity contribution in [1.29, 1.82) is 0 Å². The first kappa shape index (κ1) is 19.6. The van der Waals surface area contributed by atoms with Gasteiger partial charge in [-0.15, -0.1) is 0 Å². The molecule has 1 aliphatic rings. The molecule has 9 heteroatoms. The van der Waals surface area contributed by atoms with Crippen LogP contribution in [0.4, 0.5) is 5.69 Å². The Labute approximate surface area is 167 Å². The van der Waals surface area contributed by atoms with Crippen LogP contribution in [0.15, 0.2) is 47.1 Å². The SMILES string of the molecule is CCN1C(=O)C(CC(=O)Nc2cccc(C)c2)N(NC(=O)c2ccco2)C1=S. The summed E-state index contributed by atoms with van der Waals surface area (Å²) >= 11 is 5.32. The van der Waals surface area contributed by atoms with Crippen molar-refractivity contribution in [3.63, 3.8) is 0 Å². The van der Waals surface area contributed by atoms with Gasteiger partial charge in [-0.3, -0.25) is 24.7 Å². The minimum atomic E-state index is -0.934. The fourth-order valence-corrected chi connectivity index (χ4v) is 3.32. The summed E-state index contributed by atoms with van der Waals surface area (Å²) in [5.74, 6) is -1.18. The van der Waals surface area contributed by atoms with E-state index in [1.807, 2.05) is 25.1 Å². The summed E-state index contributed by atoms with van der Waals surface area (Å²) in [5.41, 5.74) is 4.21. The molecule has 1 aliphatic heterocycles. The van der Waals surface area contributed by atoms with E-state index in [1.165, 1.54) is 22.2 Å². The zero-order valence-electron chi connectivity index (χ0n) is 15.5. The smallest absolute Gasteiger partial charge is 0.305 e. The summed E-state index contributed by atoms with van der Waals surface area (Å²) in [7, 11) is 0. The zero-order chi connectivity index (χ0) is 20.3. The normalized spacial score (nSPS) is 16.4.